The summed E-state index contributed by atoms with van der Waals surface area (Å²) in [4.78, 5) is 0. The maximum absolute atomic E-state index is 5.92. The van der Waals surface area contributed by atoms with Gasteiger partial charge in [-0.2, -0.15) is 0 Å². The van der Waals surface area contributed by atoms with Gasteiger partial charge in [0, 0.05) is 0 Å². The molecule has 0 saturated carbocycles. The van der Waals surface area contributed by atoms with Crippen LogP contribution in [0.3, 0.4) is 0 Å². The van der Waals surface area contributed by atoms with Crippen LogP contribution in [0.15, 0.2) is 0 Å². The Bertz CT molecular complexity index is 183. The van der Waals surface area contributed by atoms with E-state index >= 15 is 0 Å². The van der Waals surface area contributed by atoms with E-state index < -0.39 is 17.8 Å². The summed E-state index contributed by atoms with van der Waals surface area (Å²) in [5.41, 5.74) is 0. The fraction of sp³-hybridized carbons (Fsp3) is 1.00. The standard InChI is InChI=1S/2C8H17.S.Sn/c2*1-4-6-7-8(3)5-2;;/h2*8H,3-7H2,1-2H3;;. The average Bonchev–Trinajstić information content (AvgIpc) is 2.39. The van der Waals surface area contributed by atoms with Gasteiger partial charge >= 0.3 is 127 Å². The molecule has 18 heavy (non-hydrogen) atoms. The van der Waals surface area contributed by atoms with Gasteiger partial charge in [-0.15, -0.1) is 0 Å². The average molecular weight is 377 g/mol. The molecule has 2 heteroatoms. The number of rotatable bonds is 12. The molecule has 0 aromatic rings. The predicted molar refractivity (Wildman–Crippen MR) is 89.6 cm³/mol. The summed E-state index contributed by atoms with van der Waals surface area (Å²) in [6.45, 7) is 9.33. The molecule has 0 aliphatic rings. The van der Waals surface area contributed by atoms with Crippen LogP contribution < -0.4 is 0 Å². The fourth-order valence-electron chi connectivity index (χ4n) is 2.61. The van der Waals surface area contributed by atoms with E-state index in [2.05, 4.69) is 27.7 Å². The van der Waals surface area contributed by atoms with Crippen LogP contribution in [0.1, 0.15) is 79.1 Å². The Balaban J connectivity index is 3.96. The van der Waals surface area contributed by atoms with Gasteiger partial charge in [0.25, 0.3) is 0 Å². The van der Waals surface area contributed by atoms with E-state index in [0.717, 1.165) is 11.8 Å². The molecule has 0 spiro atoms. The minimum atomic E-state index is -1.43. The Morgan fingerprint density at radius 1 is 0.778 bits per heavy atom. The molecular formula is C16H34SSn. The third kappa shape index (κ3) is 9.88. The van der Waals surface area contributed by atoms with E-state index in [-0.39, 0.29) is 0 Å². The zero-order chi connectivity index (χ0) is 13.8. The second kappa shape index (κ2) is 13.0. The van der Waals surface area contributed by atoms with E-state index in [9.17, 15) is 0 Å². The Kier molecular flexibility index (Phi) is 13.8. The van der Waals surface area contributed by atoms with Gasteiger partial charge in [-0.05, 0) is 0 Å². The van der Waals surface area contributed by atoms with Crippen LogP contribution in [0.4, 0.5) is 0 Å². The molecule has 0 nitrogen and oxygen atoms in total. The molecule has 2 atom stereocenters. The first kappa shape index (κ1) is 19.0. The van der Waals surface area contributed by atoms with Gasteiger partial charge in [0.15, 0.2) is 0 Å². The van der Waals surface area contributed by atoms with Crippen LogP contribution in [0.25, 0.3) is 0 Å². The van der Waals surface area contributed by atoms with Crippen molar-refractivity contribution in [3.8, 4) is 0 Å². The van der Waals surface area contributed by atoms with Crippen LogP contribution in [-0.2, 0) is 0 Å². The van der Waals surface area contributed by atoms with E-state index in [1.54, 1.807) is 0 Å². The van der Waals surface area contributed by atoms with Crippen molar-refractivity contribution in [2.75, 3.05) is 0 Å². The third-order valence-corrected chi connectivity index (χ3v) is 12.3. The van der Waals surface area contributed by atoms with E-state index in [0.29, 0.717) is 0 Å². The first-order chi connectivity index (χ1) is 8.67. The minimum absolute atomic E-state index is 0.973. The molecule has 2 unspecified atom stereocenters. The Hall–Kier alpha value is 1.02. The molecule has 0 aliphatic heterocycles. The zero-order valence-corrected chi connectivity index (χ0v) is 16.8. The molecule has 0 aromatic heterocycles. The molecule has 0 aliphatic carbocycles. The van der Waals surface area contributed by atoms with E-state index in [1.165, 1.54) is 60.2 Å². The van der Waals surface area contributed by atoms with Gasteiger partial charge in [-0.1, -0.05) is 0 Å². The molecule has 0 heterocycles. The van der Waals surface area contributed by atoms with Crippen molar-refractivity contribution in [1.29, 1.82) is 0 Å². The SMILES string of the molecule is CCCCC(CC)[CH2][Sn](=[S])[CH2]C(CC)CCCC. The van der Waals surface area contributed by atoms with Crippen molar-refractivity contribution < 1.29 is 0 Å². The molecule has 0 aromatic carbocycles. The summed E-state index contributed by atoms with van der Waals surface area (Å²) in [5.74, 6) is 1.95. The maximum atomic E-state index is 5.92. The van der Waals surface area contributed by atoms with Crippen molar-refractivity contribution >= 4 is 27.1 Å². The van der Waals surface area contributed by atoms with Crippen molar-refractivity contribution in [3.05, 3.63) is 0 Å². The Labute approximate surface area is 126 Å². The van der Waals surface area contributed by atoms with Gasteiger partial charge in [-0.3, -0.25) is 0 Å². The Morgan fingerprint density at radius 2 is 1.17 bits per heavy atom. The fourth-order valence-corrected chi connectivity index (χ4v) is 12.7. The Morgan fingerprint density at radius 3 is 1.44 bits per heavy atom. The number of hydrogen-bond donors (Lipinski definition) is 0. The molecular weight excluding hydrogens is 343 g/mol. The zero-order valence-electron chi connectivity index (χ0n) is 13.1. The molecule has 0 bridgehead atoms. The van der Waals surface area contributed by atoms with Gasteiger partial charge in [0.1, 0.15) is 0 Å². The normalized spacial score (nSPS) is 14.4. The third-order valence-electron chi connectivity index (χ3n) is 4.12. The van der Waals surface area contributed by atoms with Crippen molar-refractivity contribution in [2.45, 2.75) is 87.9 Å². The van der Waals surface area contributed by atoms with Gasteiger partial charge in [0.05, 0.1) is 0 Å². The van der Waals surface area contributed by atoms with Crippen molar-refractivity contribution in [2.24, 2.45) is 11.8 Å². The first-order valence-electron chi connectivity index (χ1n) is 8.19. The van der Waals surface area contributed by atoms with E-state index in [4.69, 9.17) is 9.29 Å². The van der Waals surface area contributed by atoms with Crippen LogP contribution in [0, 0.1) is 11.8 Å². The van der Waals surface area contributed by atoms with Crippen LogP contribution in [0.5, 0.6) is 0 Å². The van der Waals surface area contributed by atoms with Crippen molar-refractivity contribution in [1.82, 2.24) is 0 Å². The number of hydrogen-bond acceptors (Lipinski definition) is 1. The monoisotopic (exact) mass is 378 g/mol. The predicted octanol–water partition coefficient (Wildman–Crippen LogP) is 6.61. The summed E-state index contributed by atoms with van der Waals surface area (Å²) in [6, 6.07) is 0. The second-order valence-corrected chi connectivity index (χ2v) is 15.1. The first-order valence-corrected chi connectivity index (χ1v) is 16.1. The molecule has 0 rings (SSSR count). The molecule has 108 valence electrons. The molecule has 0 saturated heterocycles. The second-order valence-electron chi connectivity index (χ2n) is 5.78. The number of unbranched alkanes of at least 4 members (excludes halogenated alkanes) is 2. The molecule has 0 amide bonds. The summed E-state index contributed by atoms with van der Waals surface area (Å²) in [7, 11) is 5.92. The van der Waals surface area contributed by atoms with Gasteiger partial charge in [-0.25, -0.2) is 0 Å². The van der Waals surface area contributed by atoms with Gasteiger partial charge < -0.3 is 0 Å². The van der Waals surface area contributed by atoms with E-state index in [1.807, 2.05) is 0 Å². The summed E-state index contributed by atoms with van der Waals surface area (Å²) < 4.78 is 2.97. The molecule has 0 radical (unpaired) electrons. The summed E-state index contributed by atoms with van der Waals surface area (Å²) in [5, 5.41) is 0. The topological polar surface area (TPSA) is 0 Å². The summed E-state index contributed by atoms with van der Waals surface area (Å²) >= 11 is -1.43. The van der Waals surface area contributed by atoms with Gasteiger partial charge in [0.2, 0.25) is 0 Å². The molecule has 0 N–H and O–H groups in total. The summed E-state index contributed by atoms with van der Waals surface area (Å²) in [6.07, 6.45) is 11.1. The van der Waals surface area contributed by atoms with Crippen LogP contribution in [-0.4, -0.2) is 17.8 Å². The molecule has 0 fully saturated rings. The van der Waals surface area contributed by atoms with Crippen molar-refractivity contribution in [3.63, 3.8) is 0 Å². The van der Waals surface area contributed by atoms with Crippen LogP contribution >= 0.6 is 9.29 Å². The van der Waals surface area contributed by atoms with Crippen LogP contribution in [0.2, 0.25) is 8.87 Å². The quantitative estimate of drug-likeness (QED) is 0.345.